The lowest BCUT2D eigenvalue weighted by Crippen LogP contribution is -2.07. The minimum atomic E-state index is -0.957. The lowest BCUT2D eigenvalue weighted by molar-refractivity contribution is -0.138. The van der Waals surface area contributed by atoms with Gasteiger partial charge in [0.2, 0.25) is 0 Å². The van der Waals surface area contributed by atoms with E-state index in [2.05, 4.69) is 6.92 Å². The summed E-state index contributed by atoms with van der Waals surface area (Å²) in [4.78, 5) is 21.0. The Morgan fingerprint density at radius 3 is 1.91 bits per heavy atom. The van der Waals surface area contributed by atoms with E-state index in [0.717, 1.165) is 18.4 Å². The van der Waals surface area contributed by atoms with Crippen LogP contribution in [0, 0.1) is 5.82 Å². The Balaban J connectivity index is 0.000000333. The van der Waals surface area contributed by atoms with Crippen LogP contribution >= 0.6 is 0 Å². The number of carboxylic acids is 2. The molecule has 2 aromatic rings. The van der Waals surface area contributed by atoms with E-state index in [0.29, 0.717) is 17.5 Å². The Hall–Kier alpha value is -2.69. The fraction of sp³-hybridized carbons (Fsp3) is 0.481. The van der Waals surface area contributed by atoms with E-state index in [1.54, 1.807) is 19.1 Å². The molecule has 0 radical (unpaired) electrons. The summed E-state index contributed by atoms with van der Waals surface area (Å²) in [5.74, 6) is -2.72. The first-order valence-electron chi connectivity index (χ1n) is 11.7. The van der Waals surface area contributed by atoms with Gasteiger partial charge in [-0.3, -0.25) is 9.59 Å². The lowest BCUT2D eigenvalue weighted by atomic mass is 9.97. The van der Waals surface area contributed by atoms with Crippen molar-refractivity contribution in [2.45, 2.75) is 84.0 Å². The van der Waals surface area contributed by atoms with Crippen LogP contribution in [-0.4, -0.2) is 22.2 Å². The summed E-state index contributed by atoms with van der Waals surface area (Å²) in [6.07, 6.45) is 11.5. The zero-order valence-electron chi connectivity index (χ0n) is 19.4. The summed E-state index contributed by atoms with van der Waals surface area (Å²) in [7, 11) is 0. The Bertz CT molecular complexity index is 805. The molecule has 2 N–H and O–H groups in total. The van der Waals surface area contributed by atoms with E-state index in [9.17, 15) is 14.0 Å². The summed E-state index contributed by atoms with van der Waals surface area (Å²) in [6, 6.07) is 13.7. The van der Waals surface area contributed by atoms with Crippen LogP contribution in [0.15, 0.2) is 48.5 Å². The highest BCUT2D eigenvalue weighted by Gasteiger charge is 2.15. The third-order valence-electron chi connectivity index (χ3n) is 5.44. The van der Waals surface area contributed by atoms with Gasteiger partial charge in [0.25, 0.3) is 0 Å². The largest absolute Gasteiger partial charge is 0.481 e. The topological polar surface area (TPSA) is 74.6 Å². The molecule has 0 aliphatic rings. The highest BCUT2D eigenvalue weighted by atomic mass is 19.1. The molecule has 0 amide bonds. The first kappa shape index (κ1) is 27.3. The summed E-state index contributed by atoms with van der Waals surface area (Å²) in [5, 5.41) is 17.3. The molecule has 4 nitrogen and oxygen atoms in total. The van der Waals surface area contributed by atoms with Crippen molar-refractivity contribution in [3.05, 3.63) is 59.9 Å². The third-order valence-corrected chi connectivity index (χ3v) is 5.44. The number of carboxylic acid groups (broad SMARTS) is 2. The van der Waals surface area contributed by atoms with Gasteiger partial charge in [-0.2, -0.15) is 0 Å². The van der Waals surface area contributed by atoms with Gasteiger partial charge in [0, 0.05) is 12.0 Å². The second kappa shape index (κ2) is 16.0. The second-order valence-electron chi connectivity index (χ2n) is 8.14. The number of carbonyl (C=O) groups is 2. The molecule has 1 unspecified atom stereocenters. The van der Waals surface area contributed by atoms with Crippen LogP contribution in [0.2, 0.25) is 0 Å². The molecule has 0 aliphatic carbocycles. The van der Waals surface area contributed by atoms with Crippen LogP contribution in [0.5, 0.6) is 0 Å². The SMILES string of the molecule is CC(C(=O)O)c1ccc(-c2ccccc2)c(F)c1.CCCCCCCCCCCC(=O)O. The zero-order chi connectivity index (χ0) is 23.8. The number of benzene rings is 2. The number of aliphatic carboxylic acids is 2. The molecule has 1 atom stereocenters. The average Bonchev–Trinajstić information content (AvgIpc) is 2.78. The van der Waals surface area contributed by atoms with Crippen molar-refractivity contribution in [1.29, 1.82) is 0 Å². The summed E-state index contributed by atoms with van der Waals surface area (Å²) >= 11 is 0. The quantitative estimate of drug-likeness (QED) is 0.311. The molecule has 0 heterocycles. The second-order valence-corrected chi connectivity index (χ2v) is 8.14. The average molecular weight is 445 g/mol. The number of halogens is 1. The maximum atomic E-state index is 14.0. The smallest absolute Gasteiger partial charge is 0.310 e. The fourth-order valence-corrected chi connectivity index (χ4v) is 3.38. The van der Waals surface area contributed by atoms with Gasteiger partial charge in [-0.15, -0.1) is 0 Å². The molecular formula is C27H37FO4. The van der Waals surface area contributed by atoms with Gasteiger partial charge in [0.1, 0.15) is 5.82 Å². The van der Waals surface area contributed by atoms with Crippen LogP contribution in [0.1, 0.15) is 89.5 Å². The van der Waals surface area contributed by atoms with Gasteiger partial charge in [0.15, 0.2) is 0 Å². The van der Waals surface area contributed by atoms with Crippen LogP contribution in [-0.2, 0) is 9.59 Å². The van der Waals surface area contributed by atoms with Gasteiger partial charge >= 0.3 is 11.9 Å². The molecule has 5 heteroatoms. The Morgan fingerprint density at radius 2 is 1.41 bits per heavy atom. The van der Waals surface area contributed by atoms with Crippen LogP contribution in [0.25, 0.3) is 11.1 Å². The molecule has 176 valence electrons. The number of hydrogen-bond acceptors (Lipinski definition) is 2. The summed E-state index contributed by atoms with van der Waals surface area (Å²) in [5.41, 5.74) is 1.74. The van der Waals surface area contributed by atoms with Crippen molar-refractivity contribution in [2.75, 3.05) is 0 Å². The molecule has 0 spiro atoms. The number of unbranched alkanes of at least 4 members (excludes halogenated alkanes) is 8. The molecule has 0 saturated carbocycles. The number of rotatable bonds is 13. The fourth-order valence-electron chi connectivity index (χ4n) is 3.38. The highest BCUT2D eigenvalue weighted by Crippen LogP contribution is 2.26. The zero-order valence-corrected chi connectivity index (χ0v) is 19.4. The maximum absolute atomic E-state index is 14.0. The lowest BCUT2D eigenvalue weighted by Gasteiger charge is -2.09. The van der Waals surface area contributed by atoms with Crippen molar-refractivity contribution < 1.29 is 24.2 Å². The molecule has 0 bridgehead atoms. The van der Waals surface area contributed by atoms with Gasteiger partial charge < -0.3 is 10.2 Å². The van der Waals surface area contributed by atoms with Gasteiger partial charge in [-0.25, -0.2) is 4.39 Å². The van der Waals surface area contributed by atoms with Gasteiger partial charge in [-0.05, 0) is 30.5 Å². The van der Waals surface area contributed by atoms with Crippen molar-refractivity contribution in [3.8, 4) is 11.1 Å². The van der Waals surface area contributed by atoms with E-state index in [4.69, 9.17) is 10.2 Å². The van der Waals surface area contributed by atoms with Crippen LogP contribution in [0.4, 0.5) is 4.39 Å². The van der Waals surface area contributed by atoms with Crippen molar-refractivity contribution in [2.24, 2.45) is 0 Å². The normalized spacial score (nSPS) is 11.3. The molecule has 32 heavy (non-hydrogen) atoms. The molecule has 0 fully saturated rings. The molecule has 2 rings (SSSR count). The maximum Gasteiger partial charge on any atom is 0.310 e. The molecule has 0 aromatic heterocycles. The standard InChI is InChI=1S/C15H13FO2.C12H24O2/c1-10(15(17)18)12-7-8-13(14(16)9-12)11-5-3-2-4-6-11;1-2-3-4-5-6-7-8-9-10-11-12(13)14/h2-10H,1H3,(H,17,18);2-11H2,1H3,(H,13,14). The van der Waals surface area contributed by atoms with E-state index >= 15 is 0 Å². The monoisotopic (exact) mass is 444 g/mol. The minimum Gasteiger partial charge on any atom is -0.481 e. The summed E-state index contributed by atoms with van der Waals surface area (Å²) in [6.45, 7) is 3.77. The molecule has 0 saturated heterocycles. The predicted molar refractivity (Wildman–Crippen MR) is 127 cm³/mol. The third kappa shape index (κ3) is 11.1. The highest BCUT2D eigenvalue weighted by molar-refractivity contribution is 5.76. The minimum absolute atomic E-state index is 0.343. The first-order chi connectivity index (χ1) is 15.4. The van der Waals surface area contributed by atoms with E-state index < -0.39 is 23.7 Å². The van der Waals surface area contributed by atoms with Crippen molar-refractivity contribution in [1.82, 2.24) is 0 Å². The molecule has 0 aliphatic heterocycles. The van der Waals surface area contributed by atoms with Crippen LogP contribution in [0.3, 0.4) is 0 Å². The van der Waals surface area contributed by atoms with E-state index in [1.807, 2.05) is 30.3 Å². The van der Waals surface area contributed by atoms with E-state index in [1.165, 1.54) is 51.0 Å². The van der Waals surface area contributed by atoms with Gasteiger partial charge in [-0.1, -0.05) is 101 Å². The van der Waals surface area contributed by atoms with E-state index in [-0.39, 0.29) is 0 Å². The van der Waals surface area contributed by atoms with Crippen molar-refractivity contribution in [3.63, 3.8) is 0 Å². The summed E-state index contributed by atoms with van der Waals surface area (Å²) < 4.78 is 14.0. The Labute approximate surface area is 191 Å². The Kier molecular flexibility index (Phi) is 13.7. The number of hydrogen-bond donors (Lipinski definition) is 2. The molecule has 2 aromatic carbocycles. The molecular weight excluding hydrogens is 407 g/mol. The van der Waals surface area contributed by atoms with Crippen molar-refractivity contribution >= 4 is 11.9 Å². The van der Waals surface area contributed by atoms with Gasteiger partial charge in [0.05, 0.1) is 5.92 Å². The Morgan fingerprint density at radius 1 is 0.844 bits per heavy atom. The predicted octanol–water partition coefficient (Wildman–Crippen LogP) is 7.67. The first-order valence-corrected chi connectivity index (χ1v) is 11.7. The van der Waals surface area contributed by atoms with Crippen LogP contribution < -0.4 is 0 Å².